The third-order valence-corrected chi connectivity index (χ3v) is 1.99. The number of rotatable bonds is 2. The van der Waals surface area contributed by atoms with Crippen LogP contribution >= 0.6 is 0 Å². The van der Waals surface area contributed by atoms with Crippen molar-refractivity contribution in [1.82, 2.24) is 0 Å². The van der Waals surface area contributed by atoms with E-state index >= 15 is 0 Å². The van der Waals surface area contributed by atoms with Crippen LogP contribution in [-0.2, 0) is 10.3 Å². The van der Waals surface area contributed by atoms with Crippen LogP contribution in [-0.4, -0.2) is 26.8 Å². The molecule has 0 aliphatic heterocycles. The number of hydrogen-bond acceptors (Lipinski definition) is 1. The summed E-state index contributed by atoms with van der Waals surface area (Å²) in [6.07, 6.45) is 4.15. The zero-order chi connectivity index (χ0) is 13.4. The van der Waals surface area contributed by atoms with Crippen LogP contribution in [0.25, 0.3) is 0 Å². The minimum Gasteiger partial charge on any atom is -0.201 e. The van der Waals surface area contributed by atoms with Gasteiger partial charge in [-0.1, -0.05) is 36.4 Å². The van der Waals surface area contributed by atoms with Gasteiger partial charge in [0.25, 0.3) is 0 Å². The normalized spacial score (nSPS) is 7.79. The van der Waals surface area contributed by atoms with E-state index in [0.29, 0.717) is 0 Å². The number of benzene rings is 1. The monoisotopic (exact) mass is 432 g/mol. The zero-order valence-corrected chi connectivity index (χ0v) is 14.0. The number of halogens is 6. The zero-order valence-electron chi connectivity index (χ0n) is 12.1. The molecular weight excluding hydrogens is 411 g/mol. The summed E-state index contributed by atoms with van der Waals surface area (Å²) in [5.74, 6) is 0. The van der Waals surface area contributed by atoms with Gasteiger partial charge in [-0.25, -0.2) is 4.57 Å². The van der Waals surface area contributed by atoms with Gasteiger partial charge in [0, 0.05) is 17.7 Å². The van der Waals surface area contributed by atoms with E-state index in [9.17, 15) is 0 Å². The molecule has 0 amide bonds. The molecule has 0 saturated heterocycles. The van der Waals surface area contributed by atoms with Gasteiger partial charge in [0.15, 0.2) is 18.9 Å². The summed E-state index contributed by atoms with van der Waals surface area (Å²) in [6.45, 7) is 0.946. The molecule has 144 valence electrons. The third-order valence-electron chi connectivity index (χ3n) is 1.99. The number of nitrogens with zero attached hydrogens (tertiary/aromatic N) is 1. The van der Waals surface area contributed by atoms with Crippen molar-refractivity contribution in [1.29, 1.82) is 0 Å². The van der Waals surface area contributed by atoms with Crippen LogP contribution in [0.3, 0.4) is 0 Å². The van der Waals surface area contributed by atoms with Gasteiger partial charge >= 0.3 is 30.5 Å². The summed E-state index contributed by atoms with van der Waals surface area (Å²) < 4.78 is 32.8. The van der Waals surface area contributed by atoms with Crippen LogP contribution in [0, 0.1) is 0 Å². The van der Waals surface area contributed by atoms with E-state index in [0.717, 1.165) is 6.54 Å². The van der Waals surface area contributed by atoms with Crippen LogP contribution in [0.1, 0.15) is 5.56 Å². The maximum atomic E-state index is 8.94. The summed E-state index contributed by atoms with van der Waals surface area (Å²) in [6, 6.07) is 16.6. The predicted octanol–water partition coefficient (Wildman–Crippen LogP) is 0.767. The smallest absolute Gasteiger partial charge is 0.173 e. The second-order valence-electron chi connectivity index (χ2n) is 3.55. The molecule has 0 bridgehead atoms. The molecule has 1 aromatic heterocycles. The van der Waals surface area contributed by atoms with Gasteiger partial charge in [-0.05, 0) is 0 Å². The second-order valence-corrected chi connectivity index (χ2v) is 5.70. The van der Waals surface area contributed by atoms with Crippen LogP contribution in [0.15, 0.2) is 60.9 Å². The van der Waals surface area contributed by atoms with Crippen LogP contribution in [0.2, 0.25) is 0 Å². The average molecular weight is 432 g/mol. The van der Waals surface area contributed by atoms with Crippen molar-refractivity contribution in [2.45, 2.75) is 6.54 Å². The Morgan fingerprint density at radius 1 is 0.708 bits per heavy atom. The van der Waals surface area contributed by atoms with Gasteiger partial charge in [-0.15, -0.1) is 0 Å². The minimum absolute atomic E-state index is 0. The van der Waals surface area contributed by atoms with E-state index in [-0.39, 0.29) is 28.2 Å². The van der Waals surface area contributed by atoms with Gasteiger partial charge in [-0.3, -0.25) is 28.2 Å². The SMILES string of the molecule is F.F.F.F.F.F.O=[As](O)(O)O.c1ccc(C[n+]2ccccc2)cc1. The minimum atomic E-state index is -5.12. The Balaban J connectivity index is -0.0000000667. The molecule has 1 aromatic carbocycles. The number of hydrogen-bond donors (Lipinski definition) is 3. The summed E-state index contributed by atoms with van der Waals surface area (Å²) in [5, 5.41) is 0. The van der Waals surface area contributed by atoms with E-state index in [1.807, 2.05) is 24.3 Å². The molecule has 0 unspecified atom stereocenters. The first-order chi connectivity index (χ1) is 8.45. The molecule has 0 fully saturated rings. The molecule has 3 N–H and O–H groups in total. The molecule has 0 atom stereocenters. The van der Waals surface area contributed by atoms with Gasteiger partial charge in [0.05, 0.1) is 0 Å². The molecule has 2 rings (SSSR count). The van der Waals surface area contributed by atoms with E-state index in [1.54, 1.807) is 0 Å². The Bertz CT molecular complexity index is 472. The topological polar surface area (TPSA) is 81.6 Å². The summed E-state index contributed by atoms with van der Waals surface area (Å²) in [5.41, 5.74) is 1.33. The summed E-state index contributed by atoms with van der Waals surface area (Å²) in [7, 11) is 0. The van der Waals surface area contributed by atoms with Crippen molar-refractivity contribution in [3.8, 4) is 0 Å². The molecular formula is C12H21AsF6NO4+. The molecule has 1 heterocycles. The maximum absolute atomic E-state index is 8.94. The fourth-order valence-electron chi connectivity index (χ4n) is 1.33. The van der Waals surface area contributed by atoms with E-state index in [2.05, 4.69) is 41.2 Å². The van der Waals surface area contributed by atoms with Crippen LogP contribution in [0.5, 0.6) is 0 Å². The Morgan fingerprint density at radius 2 is 1.04 bits per heavy atom. The second kappa shape index (κ2) is 19.2. The standard InChI is InChI=1S/C12H12N.AsH3O4.6FH/c1-3-7-12(8-4-1)11-13-9-5-2-6-10-13;2-1(3,4)5;;;;;;/h1-10H,11H2;(H3,2,3,4,5);6*1H/q+1;;;;;;;. The first kappa shape index (κ1) is 38.0. The first-order valence-electron chi connectivity index (χ1n) is 5.21. The molecule has 12 heteroatoms. The molecule has 0 spiro atoms. The Hall–Kier alpha value is -1.81. The van der Waals surface area contributed by atoms with Crippen molar-refractivity contribution >= 4 is 14.5 Å². The van der Waals surface area contributed by atoms with Crippen molar-refractivity contribution in [3.63, 3.8) is 0 Å². The van der Waals surface area contributed by atoms with Crippen LogP contribution in [0.4, 0.5) is 28.2 Å². The average Bonchev–Trinajstić information content (AvgIpc) is 2.29. The van der Waals surface area contributed by atoms with Crippen molar-refractivity contribution in [3.05, 3.63) is 66.5 Å². The molecule has 0 aliphatic rings. The van der Waals surface area contributed by atoms with Gasteiger partial charge in [0.1, 0.15) is 0 Å². The summed E-state index contributed by atoms with van der Waals surface area (Å²) >= 11 is -5.12. The molecule has 24 heavy (non-hydrogen) atoms. The van der Waals surface area contributed by atoms with Gasteiger partial charge in [0.2, 0.25) is 0 Å². The molecule has 0 saturated carbocycles. The Kier molecular flexibility index (Phi) is 30.5. The first-order valence-corrected chi connectivity index (χ1v) is 8.50. The quantitative estimate of drug-likeness (QED) is 0.372. The maximum Gasteiger partial charge on any atom is 0.173 e. The van der Waals surface area contributed by atoms with Gasteiger partial charge < -0.3 is 0 Å². The van der Waals surface area contributed by atoms with E-state index in [1.165, 1.54) is 5.56 Å². The molecule has 2 aromatic rings. The van der Waals surface area contributed by atoms with Crippen molar-refractivity contribution in [2.24, 2.45) is 0 Å². The van der Waals surface area contributed by atoms with Crippen molar-refractivity contribution < 1.29 is 48.8 Å². The fourth-order valence-corrected chi connectivity index (χ4v) is 1.33. The molecule has 5 nitrogen and oxygen atoms in total. The Morgan fingerprint density at radius 3 is 1.42 bits per heavy atom. The summed E-state index contributed by atoms with van der Waals surface area (Å²) in [4.78, 5) is 0. The molecule has 0 aliphatic carbocycles. The number of pyridine rings is 1. The van der Waals surface area contributed by atoms with E-state index in [4.69, 9.17) is 16.0 Å². The molecule has 0 radical (unpaired) electrons. The largest absolute Gasteiger partial charge is 0.201 e. The third kappa shape index (κ3) is 22.5. The number of aromatic nitrogens is 1. The fraction of sp³-hybridized carbons (Fsp3) is 0.0833. The van der Waals surface area contributed by atoms with Crippen molar-refractivity contribution in [2.75, 3.05) is 0 Å². The van der Waals surface area contributed by atoms with Crippen LogP contribution < -0.4 is 4.57 Å². The Labute approximate surface area is 137 Å². The van der Waals surface area contributed by atoms with Gasteiger partial charge in [-0.2, -0.15) is 0 Å². The predicted molar refractivity (Wildman–Crippen MR) is 80.3 cm³/mol. The van der Waals surface area contributed by atoms with E-state index < -0.39 is 14.5 Å².